The third-order valence-corrected chi connectivity index (χ3v) is 6.08. The standard InChI is InChI=1S/C22H24N4OS/c1-16(18-12-11-17-7-5-6-8-19(17)13-18)24-21(27)14-28-22-25-23-15-26(22)20-9-3-2-4-10-20/h2-4,9-13,15-16H,5-8,14H2,1H3,(H,24,27)/t16-/m1/s1. The van der Waals surface area contributed by atoms with Crippen molar-refractivity contribution in [2.75, 3.05) is 5.75 Å². The largest absolute Gasteiger partial charge is 0.349 e. The first-order valence-corrected chi connectivity index (χ1v) is 10.7. The topological polar surface area (TPSA) is 59.8 Å². The van der Waals surface area contributed by atoms with Crippen LogP contribution in [0.15, 0.2) is 60.0 Å². The average molecular weight is 393 g/mol. The molecular formula is C22H24N4OS. The molecular weight excluding hydrogens is 368 g/mol. The van der Waals surface area contributed by atoms with E-state index < -0.39 is 0 Å². The van der Waals surface area contributed by atoms with Gasteiger partial charge >= 0.3 is 0 Å². The molecule has 0 radical (unpaired) electrons. The number of hydrogen-bond donors (Lipinski definition) is 1. The summed E-state index contributed by atoms with van der Waals surface area (Å²) < 4.78 is 1.89. The first kappa shape index (κ1) is 18.7. The Morgan fingerprint density at radius 3 is 2.75 bits per heavy atom. The number of aryl methyl sites for hydroxylation is 2. The maximum atomic E-state index is 12.5. The monoisotopic (exact) mass is 392 g/mol. The lowest BCUT2D eigenvalue weighted by Crippen LogP contribution is -2.28. The highest BCUT2D eigenvalue weighted by molar-refractivity contribution is 7.99. The lowest BCUT2D eigenvalue weighted by molar-refractivity contribution is -0.119. The van der Waals surface area contributed by atoms with Gasteiger partial charge in [0.15, 0.2) is 5.16 Å². The molecule has 1 aliphatic carbocycles. The van der Waals surface area contributed by atoms with Crippen molar-refractivity contribution in [2.24, 2.45) is 0 Å². The maximum Gasteiger partial charge on any atom is 0.230 e. The third kappa shape index (κ3) is 4.28. The summed E-state index contributed by atoms with van der Waals surface area (Å²) in [5.74, 6) is 0.304. The molecule has 1 heterocycles. The van der Waals surface area contributed by atoms with Gasteiger partial charge in [-0.15, -0.1) is 10.2 Å². The molecule has 0 saturated heterocycles. The summed E-state index contributed by atoms with van der Waals surface area (Å²) in [6.07, 6.45) is 6.54. The fourth-order valence-corrected chi connectivity index (χ4v) is 4.35. The number of hydrogen-bond acceptors (Lipinski definition) is 4. The molecule has 4 rings (SSSR count). The number of nitrogens with one attached hydrogen (secondary N) is 1. The van der Waals surface area contributed by atoms with Gasteiger partial charge in [-0.3, -0.25) is 9.36 Å². The van der Waals surface area contributed by atoms with E-state index >= 15 is 0 Å². The zero-order valence-corrected chi connectivity index (χ0v) is 16.8. The van der Waals surface area contributed by atoms with Gasteiger partial charge in [-0.05, 0) is 61.4 Å². The van der Waals surface area contributed by atoms with Gasteiger partial charge in [-0.25, -0.2) is 0 Å². The predicted molar refractivity (Wildman–Crippen MR) is 112 cm³/mol. The molecule has 0 bridgehead atoms. The van der Waals surface area contributed by atoms with Crippen LogP contribution in [0.1, 0.15) is 42.5 Å². The number of amides is 1. The van der Waals surface area contributed by atoms with Crippen molar-refractivity contribution in [3.8, 4) is 5.69 Å². The quantitative estimate of drug-likeness (QED) is 0.641. The molecule has 1 atom stereocenters. The van der Waals surface area contributed by atoms with Gasteiger partial charge in [-0.1, -0.05) is 48.2 Å². The number of carbonyl (C=O) groups is 1. The summed E-state index contributed by atoms with van der Waals surface area (Å²) >= 11 is 1.39. The smallest absolute Gasteiger partial charge is 0.230 e. The highest BCUT2D eigenvalue weighted by Crippen LogP contribution is 2.25. The first-order chi connectivity index (χ1) is 13.7. The number of para-hydroxylation sites is 1. The molecule has 1 N–H and O–H groups in total. The van der Waals surface area contributed by atoms with Crippen molar-refractivity contribution in [3.63, 3.8) is 0 Å². The Kier molecular flexibility index (Phi) is 5.76. The molecule has 2 aromatic carbocycles. The van der Waals surface area contributed by atoms with Crippen LogP contribution in [0.5, 0.6) is 0 Å². The molecule has 3 aromatic rings. The zero-order chi connectivity index (χ0) is 19.3. The Bertz CT molecular complexity index is 954. The van der Waals surface area contributed by atoms with Gasteiger partial charge in [0.05, 0.1) is 11.8 Å². The molecule has 28 heavy (non-hydrogen) atoms. The number of benzene rings is 2. The Morgan fingerprint density at radius 1 is 1.14 bits per heavy atom. The minimum absolute atomic E-state index is 0.00201. The minimum atomic E-state index is -0.00711. The van der Waals surface area contributed by atoms with E-state index in [9.17, 15) is 4.79 Å². The van der Waals surface area contributed by atoms with Gasteiger partial charge in [-0.2, -0.15) is 0 Å². The number of thioether (sulfide) groups is 1. The molecule has 0 aliphatic heterocycles. The predicted octanol–water partition coefficient (Wildman–Crippen LogP) is 4.12. The van der Waals surface area contributed by atoms with Crippen LogP contribution in [-0.4, -0.2) is 26.4 Å². The van der Waals surface area contributed by atoms with E-state index in [1.165, 1.54) is 47.7 Å². The van der Waals surface area contributed by atoms with Crippen LogP contribution in [0, 0.1) is 0 Å². The maximum absolute atomic E-state index is 12.5. The van der Waals surface area contributed by atoms with Gasteiger partial charge in [0.2, 0.25) is 5.91 Å². The Balaban J connectivity index is 1.36. The van der Waals surface area contributed by atoms with E-state index in [1.54, 1.807) is 6.33 Å². The third-order valence-electron chi connectivity index (χ3n) is 5.13. The summed E-state index contributed by atoms with van der Waals surface area (Å²) in [6, 6.07) is 16.5. The summed E-state index contributed by atoms with van der Waals surface area (Å²) in [5, 5.41) is 12.0. The van der Waals surface area contributed by atoms with Crippen molar-refractivity contribution < 1.29 is 4.79 Å². The van der Waals surface area contributed by atoms with Crippen LogP contribution in [0.4, 0.5) is 0 Å². The van der Waals surface area contributed by atoms with Crippen molar-refractivity contribution in [1.29, 1.82) is 0 Å². The highest BCUT2D eigenvalue weighted by Gasteiger charge is 2.15. The number of carbonyl (C=O) groups excluding carboxylic acids is 1. The molecule has 0 saturated carbocycles. The van der Waals surface area contributed by atoms with E-state index in [4.69, 9.17) is 0 Å². The van der Waals surface area contributed by atoms with Crippen LogP contribution < -0.4 is 5.32 Å². The fourth-order valence-electron chi connectivity index (χ4n) is 3.61. The van der Waals surface area contributed by atoms with E-state index in [2.05, 4.69) is 33.7 Å². The van der Waals surface area contributed by atoms with E-state index in [1.807, 2.05) is 41.8 Å². The van der Waals surface area contributed by atoms with Crippen LogP contribution in [0.25, 0.3) is 5.69 Å². The molecule has 5 nitrogen and oxygen atoms in total. The Morgan fingerprint density at radius 2 is 1.93 bits per heavy atom. The summed E-state index contributed by atoms with van der Waals surface area (Å²) in [4.78, 5) is 12.5. The van der Waals surface area contributed by atoms with Crippen molar-refractivity contribution in [2.45, 2.75) is 43.8 Å². The number of fused-ring (bicyclic) bond motifs is 1. The van der Waals surface area contributed by atoms with Gasteiger partial charge < -0.3 is 5.32 Å². The van der Waals surface area contributed by atoms with E-state index in [0.29, 0.717) is 10.9 Å². The molecule has 1 aromatic heterocycles. The van der Waals surface area contributed by atoms with Crippen molar-refractivity contribution in [1.82, 2.24) is 20.1 Å². The molecule has 0 unspecified atom stereocenters. The lowest BCUT2D eigenvalue weighted by Gasteiger charge is -2.20. The molecule has 1 aliphatic rings. The molecule has 0 fully saturated rings. The summed E-state index contributed by atoms with van der Waals surface area (Å²) in [6.45, 7) is 2.04. The van der Waals surface area contributed by atoms with Crippen LogP contribution >= 0.6 is 11.8 Å². The SMILES string of the molecule is C[C@@H](NC(=O)CSc1nncn1-c1ccccc1)c1ccc2c(c1)CCCC2. The highest BCUT2D eigenvalue weighted by atomic mass is 32.2. The van der Waals surface area contributed by atoms with Gasteiger partial charge in [0.1, 0.15) is 6.33 Å². The Hall–Kier alpha value is -2.60. The van der Waals surface area contributed by atoms with Gasteiger partial charge in [0, 0.05) is 5.69 Å². The van der Waals surface area contributed by atoms with Gasteiger partial charge in [0.25, 0.3) is 0 Å². The van der Waals surface area contributed by atoms with Crippen molar-refractivity contribution >= 4 is 17.7 Å². The Labute approximate surface area is 169 Å². The first-order valence-electron chi connectivity index (χ1n) is 9.70. The molecule has 144 valence electrons. The van der Waals surface area contributed by atoms with Crippen LogP contribution in [0.2, 0.25) is 0 Å². The molecule has 6 heteroatoms. The second-order valence-corrected chi connectivity index (χ2v) is 8.07. The summed E-state index contributed by atoms with van der Waals surface area (Å²) in [5.41, 5.74) is 5.06. The normalized spacial score (nSPS) is 14.3. The second-order valence-electron chi connectivity index (χ2n) is 7.13. The lowest BCUT2D eigenvalue weighted by atomic mass is 9.89. The zero-order valence-electron chi connectivity index (χ0n) is 16.0. The average Bonchev–Trinajstić information content (AvgIpc) is 3.21. The number of nitrogens with zero attached hydrogens (tertiary/aromatic N) is 3. The van der Waals surface area contributed by atoms with Crippen LogP contribution in [0.3, 0.4) is 0 Å². The second kappa shape index (κ2) is 8.61. The number of aromatic nitrogens is 3. The number of rotatable bonds is 6. The minimum Gasteiger partial charge on any atom is -0.349 e. The summed E-state index contributed by atoms with van der Waals surface area (Å²) in [7, 11) is 0. The van der Waals surface area contributed by atoms with Crippen molar-refractivity contribution in [3.05, 3.63) is 71.5 Å². The fraction of sp³-hybridized carbons (Fsp3) is 0.318. The molecule has 0 spiro atoms. The van der Waals surface area contributed by atoms with E-state index in [0.717, 1.165) is 12.1 Å². The van der Waals surface area contributed by atoms with Crippen LogP contribution in [-0.2, 0) is 17.6 Å². The van der Waals surface area contributed by atoms with E-state index in [-0.39, 0.29) is 11.9 Å². The molecule has 1 amide bonds.